The van der Waals surface area contributed by atoms with E-state index >= 15 is 0 Å². The van der Waals surface area contributed by atoms with Crippen molar-refractivity contribution in [3.05, 3.63) is 65.2 Å². The molecule has 12 heteroatoms. The van der Waals surface area contributed by atoms with Gasteiger partial charge in [0.1, 0.15) is 22.7 Å². The molecule has 0 saturated carbocycles. The first-order valence-corrected chi connectivity index (χ1v) is 16.8. The van der Waals surface area contributed by atoms with Crippen LogP contribution in [-0.4, -0.2) is 70.7 Å². The van der Waals surface area contributed by atoms with Crippen molar-refractivity contribution in [3.63, 3.8) is 0 Å². The number of nitrogens with zero attached hydrogens (tertiary/aromatic N) is 7. The third-order valence-electron chi connectivity index (χ3n) is 10.4. The number of nitrogens with two attached hydrogens (primary N) is 1. The Labute approximate surface area is 272 Å². The quantitative estimate of drug-likeness (QED) is 0.295. The van der Waals surface area contributed by atoms with Gasteiger partial charge in [-0.15, -0.1) is 0 Å². The van der Waals surface area contributed by atoms with Gasteiger partial charge < -0.3 is 25.3 Å². The molecular weight excluding hydrogens is 594 g/mol. The molecule has 3 aliphatic heterocycles. The van der Waals surface area contributed by atoms with Gasteiger partial charge in [0.05, 0.1) is 30.2 Å². The van der Waals surface area contributed by atoms with Crippen LogP contribution in [0.15, 0.2) is 42.6 Å². The number of amides is 2. The fraction of sp³-hybridized carbons (Fsp3) is 0.457. The first kappa shape index (κ1) is 29.7. The molecule has 5 aromatic rings. The normalized spacial score (nSPS) is 23.2. The molecule has 8 heterocycles. The van der Waals surface area contributed by atoms with E-state index in [9.17, 15) is 9.59 Å². The molecule has 3 N–H and O–H groups in total. The Morgan fingerprint density at radius 3 is 2.64 bits per heavy atom. The van der Waals surface area contributed by atoms with Crippen molar-refractivity contribution in [1.29, 1.82) is 0 Å². The molecule has 5 aromatic heterocycles. The first-order chi connectivity index (χ1) is 22.8. The number of methoxy groups -OCH3 is 1. The zero-order valence-corrected chi connectivity index (χ0v) is 27.1. The van der Waals surface area contributed by atoms with Crippen molar-refractivity contribution in [2.75, 3.05) is 7.11 Å². The van der Waals surface area contributed by atoms with Crippen molar-refractivity contribution in [3.8, 4) is 17.3 Å². The molecule has 2 saturated heterocycles. The summed E-state index contributed by atoms with van der Waals surface area (Å²) in [6.45, 7) is 5.53. The van der Waals surface area contributed by atoms with Crippen LogP contribution in [0.25, 0.3) is 28.1 Å². The fourth-order valence-corrected chi connectivity index (χ4v) is 7.95. The van der Waals surface area contributed by atoms with Crippen molar-refractivity contribution in [1.82, 2.24) is 38.9 Å². The molecule has 8 rings (SSSR count). The molecular formula is C35H41N9O3. The van der Waals surface area contributed by atoms with E-state index in [1.807, 2.05) is 52.2 Å². The van der Waals surface area contributed by atoms with Gasteiger partial charge in [0, 0.05) is 54.4 Å². The molecule has 6 bridgehead atoms. The summed E-state index contributed by atoms with van der Waals surface area (Å²) in [5.41, 5.74) is 12.3. The third-order valence-corrected chi connectivity index (χ3v) is 10.4. The molecule has 3 aliphatic rings. The van der Waals surface area contributed by atoms with Gasteiger partial charge in [-0.3, -0.25) is 18.7 Å². The van der Waals surface area contributed by atoms with E-state index < -0.39 is 0 Å². The van der Waals surface area contributed by atoms with Crippen LogP contribution in [-0.2, 0) is 13.1 Å². The maximum absolute atomic E-state index is 13.8. The summed E-state index contributed by atoms with van der Waals surface area (Å²) in [5.74, 6) is 0.345. The molecule has 12 nitrogen and oxygen atoms in total. The number of pyridine rings is 2. The van der Waals surface area contributed by atoms with Gasteiger partial charge >= 0.3 is 0 Å². The summed E-state index contributed by atoms with van der Waals surface area (Å²) in [6.07, 6.45) is 8.76. The summed E-state index contributed by atoms with van der Waals surface area (Å²) in [5, 5.41) is 8.55. The predicted molar refractivity (Wildman–Crippen MR) is 177 cm³/mol. The predicted octanol–water partition coefficient (Wildman–Crippen LogP) is 4.63. The van der Waals surface area contributed by atoms with Gasteiger partial charge in [-0.05, 0) is 76.3 Å². The number of aryl methyl sites for hydroxylation is 3. The number of hydrogen-bond donors (Lipinski definition) is 2. The molecule has 0 spiro atoms. The molecule has 0 unspecified atom stereocenters. The van der Waals surface area contributed by atoms with Crippen LogP contribution in [0.5, 0.6) is 5.88 Å². The Morgan fingerprint density at radius 2 is 1.87 bits per heavy atom. The second kappa shape index (κ2) is 11.5. The Kier molecular flexibility index (Phi) is 7.27. The largest absolute Gasteiger partial charge is 0.482 e. The van der Waals surface area contributed by atoms with Crippen molar-refractivity contribution >= 4 is 28.5 Å². The summed E-state index contributed by atoms with van der Waals surface area (Å²) in [6, 6.07) is 11.7. The summed E-state index contributed by atoms with van der Waals surface area (Å²) < 4.78 is 11.9. The monoisotopic (exact) mass is 635 g/mol. The van der Waals surface area contributed by atoms with Gasteiger partial charge in [0.2, 0.25) is 0 Å². The first-order valence-electron chi connectivity index (χ1n) is 16.8. The number of aromatic nitrogens is 6. The molecule has 4 atom stereocenters. The fourth-order valence-electron chi connectivity index (χ4n) is 7.95. The van der Waals surface area contributed by atoms with E-state index in [-0.39, 0.29) is 36.0 Å². The van der Waals surface area contributed by atoms with E-state index in [0.29, 0.717) is 22.8 Å². The molecule has 2 fully saturated rings. The van der Waals surface area contributed by atoms with E-state index in [0.717, 1.165) is 91.8 Å². The molecule has 2 amide bonds. The van der Waals surface area contributed by atoms with E-state index in [2.05, 4.69) is 27.1 Å². The molecule has 47 heavy (non-hydrogen) atoms. The molecule has 244 valence electrons. The number of imidazole rings is 1. The second-order valence-electron chi connectivity index (χ2n) is 13.3. The van der Waals surface area contributed by atoms with Crippen molar-refractivity contribution < 1.29 is 14.3 Å². The maximum atomic E-state index is 13.8. The number of nitrogens with one attached hydrogen (secondary N) is 1. The number of rotatable bonds is 3. The zero-order valence-electron chi connectivity index (χ0n) is 27.1. The number of fused-ring (bicyclic) bond motifs is 6. The molecule has 0 aromatic carbocycles. The highest BCUT2D eigenvalue weighted by molar-refractivity contribution is 5.97. The minimum atomic E-state index is -0.311. The summed E-state index contributed by atoms with van der Waals surface area (Å²) >= 11 is 0. The summed E-state index contributed by atoms with van der Waals surface area (Å²) in [4.78, 5) is 39.1. The van der Waals surface area contributed by atoms with Gasteiger partial charge in [-0.25, -0.2) is 9.97 Å². The third kappa shape index (κ3) is 4.97. The Balaban J connectivity index is 1.20. The van der Waals surface area contributed by atoms with Crippen molar-refractivity contribution in [2.24, 2.45) is 5.73 Å². The number of carbonyl (C=O) groups excluding carboxylic acids is 2. The average molecular weight is 636 g/mol. The Morgan fingerprint density at radius 1 is 1.04 bits per heavy atom. The lowest BCUT2D eigenvalue weighted by Gasteiger charge is -2.23. The number of hydrogen-bond acceptors (Lipinski definition) is 7. The van der Waals surface area contributed by atoms with Gasteiger partial charge in [0.25, 0.3) is 11.8 Å². The SMILES string of the molecule is COc1cc(C(=O)N2[C@H]3CC[C@@H]2[C@H](N)C3)cc2nc(-c3cc4ccc5nc4n3CCCCCCn3ccc(n3)C(=O)N[C@@H]5C)c(C)n12. The highest BCUT2D eigenvalue weighted by Crippen LogP contribution is 2.39. The number of ether oxygens (including phenoxy) is 1. The lowest BCUT2D eigenvalue weighted by atomic mass is 9.97. The van der Waals surface area contributed by atoms with Crippen molar-refractivity contribution in [2.45, 2.75) is 96.1 Å². The molecule has 0 aliphatic carbocycles. The minimum absolute atomic E-state index is 0.00664. The summed E-state index contributed by atoms with van der Waals surface area (Å²) in [7, 11) is 1.63. The minimum Gasteiger partial charge on any atom is -0.482 e. The smallest absolute Gasteiger partial charge is 0.272 e. The number of carbonyl (C=O) groups is 2. The van der Waals surface area contributed by atoms with Gasteiger partial charge in [-0.1, -0.05) is 12.8 Å². The lowest BCUT2D eigenvalue weighted by molar-refractivity contribution is 0.0725. The Bertz CT molecular complexity index is 2020. The van der Waals surface area contributed by atoms with E-state index in [4.69, 9.17) is 20.4 Å². The van der Waals surface area contributed by atoms with Crippen LogP contribution in [0.2, 0.25) is 0 Å². The van der Waals surface area contributed by atoms with Gasteiger partial charge in [-0.2, -0.15) is 5.10 Å². The van der Waals surface area contributed by atoms with Crippen LogP contribution in [0, 0.1) is 6.92 Å². The highest BCUT2D eigenvalue weighted by Gasteiger charge is 2.47. The zero-order chi connectivity index (χ0) is 32.4. The topological polar surface area (TPSA) is 138 Å². The van der Waals surface area contributed by atoms with Crippen LogP contribution >= 0.6 is 0 Å². The van der Waals surface area contributed by atoms with E-state index in [1.54, 1.807) is 13.2 Å². The standard InChI is InChI=1S/C35H41N9O3/c1-20-26-10-8-22-16-29(42(33(22)38-26)14-7-5-4-6-13-41-15-12-27(40-41)34(45)37-20)32-21(2)43-30(39-32)17-23(18-31(43)47-3)35(46)44-24-9-11-28(44)25(36)19-24/h8,10,12,15-18,20,24-25,28H,4-7,9,11,13-14,19,36H2,1-3H3,(H,37,45)/t20-,24+,25-,28-/m1/s1. The highest BCUT2D eigenvalue weighted by atomic mass is 16.5. The van der Waals surface area contributed by atoms with Gasteiger partial charge in [0.15, 0.2) is 5.88 Å². The van der Waals surface area contributed by atoms with Crippen LogP contribution in [0.4, 0.5) is 0 Å². The maximum Gasteiger partial charge on any atom is 0.272 e. The lowest BCUT2D eigenvalue weighted by Crippen LogP contribution is -2.40. The molecule has 0 radical (unpaired) electrons. The Hall–Kier alpha value is -4.71. The van der Waals surface area contributed by atoms with Crippen LogP contribution in [0.3, 0.4) is 0 Å². The average Bonchev–Trinajstić information content (AvgIpc) is 3.89. The van der Waals surface area contributed by atoms with Crippen LogP contribution in [0.1, 0.15) is 90.1 Å². The van der Waals surface area contributed by atoms with E-state index in [1.165, 1.54) is 0 Å². The second-order valence-corrected chi connectivity index (χ2v) is 13.3. The van der Waals surface area contributed by atoms with Crippen LogP contribution < -0.4 is 15.8 Å².